The SMILES string of the molecule is CC(=O)NCC(O)C(O)c1cc(Br)cnc1N. The molecule has 2 atom stereocenters. The molecule has 5 N–H and O–H groups in total. The second-order valence-electron chi connectivity index (χ2n) is 3.58. The smallest absolute Gasteiger partial charge is 0.216 e. The van der Waals surface area contributed by atoms with Crippen LogP contribution in [0.2, 0.25) is 0 Å². The first-order chi connectivity index (χ1) is 7.91. The van der Waals surface area contributed by atoms with Crippen molar-refractivity contribution < 1.29 is 15.0 Å². The number of aliphatic hydroxyl groups excluding tert-OH is 2. The minimum absolute atomic E-state index is 0.0531. The van der Waals surface area contributed by atoms with Crippen molar-refractivity contribution in [3.63, 3.8) is 0 Å². The van der Waals surface area contributed by atoms with Crippen LogP contribution >= 0.6 is 15.9 Å². The summed E-state index contributed by atoms with van der Waals surface area (Å²) in [6.07, 6.45) is -0.852. The summed E-state index contributed by atoms with van der Waals surface area (Å²) in [5.41, 5.74) is 5.91. The summed E-state index contributed by atoms with van der Waals surface area (Å²) in [5, 5.41) is 21.9. The standard InChI is InChI=1S/C10H14BrN3O3/c1-5(15)13-4-8(16)9(17)7-2-6(11)3-14-10(7)12/h2-3,8-9,16-17H,4H2,1H3,(H2,12,14)(H,13,15). The number of carbonyl (C=O) groups is 1. The summed E-state index contributed by atoms with van der Waals surface area (Å²) in [6, 6.07) is 1.57. The maximum atomic E-state index is 10.7. The fourth-order valence-corrected chi connectivity index (χ4v) is 1.62. The van der Waals surface area contributed by atoms with Crippen molar-refractivity contribution in [3.8, 4) is 0 Å². The third kappa shape index (κ3) is 3.95. The first kappa shape index (κ1) is 13.9. The molecule has 94 valence electrons. The van der Waals surface area contributed by atoms with Crippen LogP contribution in [0, 0.1) is 0 Å². The molecule has 1 amide bonds. The molecular formula is C10H14BrN3O3. The largest absolute Gasteiger partial charge is 0.388 e. The fourth-order valence-electron chi connectivity index (χ4n) is 1.27. The zero-order valence-electron chi connectivity index (χ0n) is 9.22. The number of hydrogen-bond acceptors (Lipinski definition) is 5. The number of nitrogens with zero attached hydrogens (tertiary/aromatic N) is 1. The van der Waals surface area contributed by atoms with Crippen molar-refractivity contribution in [3.05, 3.63) is 22.3 Å². The average Bonchev–Trinajstić information content (AvgIpc) is 2.28. The van der Waals surface area contributed by atoms with Crippen LogP contribution in [0.5, 0.6) is 0 Å². The number of rotatable bonds is 4. The number of nitrogens with one attached hydrogen (secondary N) is 1. The molecule has 0 radical (unpaired) electrons. The van der Waals surface area contributed by atoms with Crippen LogP contribution in [0.25, 0.3) is 0 Å². The zero-order valence-corrected chi connectivity index (χ0v) is 10.8. The molecule has 7 heteroatoms. The van der Waals surface area contributed by atoms with E-state index in [4.69, 9.17) is 5.73 Å². The Morgan fingerprint density at radius 1 is 1.65 bits per heavy atom. The molecule has 0 aliphatic rings. The number of carbonyl (C=O) groups excluding carboxylic acids is 1. The van der Waals surface area contributed by atoms with Gasteiger partial charge in [0.1, 0.15) is 18.0 Å². The Hall–Kier alpha value is -1.18. The van der Waals surface area contributed by atoms with Crippen LogP contribution in [0.1, 0.15) is 18.6 Å². The van der Waals surface area contributed by atoms with Crippen LogP contribution < -0.4 is 11.1 Å². The molecule has 0 aromatic carbocycles. The first-order valence-electron chi connectivity index (χ1n) is 4.93. The highest BCUT2D eigenvalue weighted by molar-refractivity contribution is 9.10. The first-order valence-corrected chi connectivity index (χ1v) is 5.72. The molecule has 1 heterocycles. The van der Waals surface area contributed by atoms with E-state index in [0.717, 1.165) is 0 Å². The van der Waals surface area contributed by atoms with Gasteiger partial charge in [-0.3, -0.25) is 4.79 Å². The molecule has 6 nitrogen and oxygen atoms in total. The van der Waals surface area contributed by atoms with E-state index in [2.05, 4.69) is 26.2 Å². The number of amides is 1. The Morgan fingerprint density at radius 3 is 2.88 bits per heavy atom. The van der Waals surface area contributed by atoms with Gasteiger partial charge in [0.2, 0.25) is 5.91 Å². The van der Waals surface area contributed by atoms with Crippen molar-refractivity contribution in [1.29, 1.82) is 0 Å². The molecule has 1 aromatic heterocycles. The lowest BCUT2D eigenvalue weighted by Gasteiger charge is -2.19. The fraction of sp³-hybridized carbons (Fsp3) is 0.400. The Balaban J connectivity index is 2.77. The van der Waals surface area contributed by atoms with Gasteiger partial charge in [0.15, 0.2) is 0 Å². The van der Waals surface area contributed by atoms with Gasteiger partial charge in [-0.15, -0.1) is 0 Å². The van der Waals surface area contributed by atoms with E-state index in [9.17, 15) is 15.0 Å². The molecule has 0 saturated heterocycles. The van der Waals surface area contributed by atoms with E-state index < -0.39 is 12.2 Å². The van der Waals surface area contributed by atoms with Gasteiger partial charge in [-0.25, -0.2) is 4.98 Å². The van der Waals surface area contributed by atoms with Crippen molar-refractivity contribution in [1.82, 2.24) is 10.3 Å². The predicted octanol–water partition coefficient (Wildman–Crippen LogP) is -0.0433. The Labute approximate surface area is 107 Å². The molecular weight excluding hydrogens is 290 g/mol. The Kier molecular flexibility index (Phi) is 4.86. The minimum Gasteiger partial charge on any atom is -0.388 e. The normalized spacial score (nSPS) is 14.1. The van der Waals surface area contributed by atoms with E-state index in [0.29, 0.717) is 10.0 Å². The highest BCUT2D eigenvalue weighted by atomic mass is 79.9. The van der Waals surface area contributed by atoms with Crippen LogP contribution in [0.3, 0.4) is 0 Å². The summed E-state index contributed by atoms with van der Waals surface area (Å²) in [6.45, 7) is 1.27. The molecule has 0 aliphatic carbocycles. The number of hydrogen-bond donors (Lipinski definition) is 4. The number of halogens is 1. The average molecular weight is 304 g/mol. The summed E-state index contributed by atoms with van der Waals surface area (Å²) in [4.78, 5) is 14.5. The lowest BCUT2D eigenvalue weighted by Crippen LogP contribution is -2.34. The van der Waals surface area contributed by atoms with E-state index in [1.54, 1.807) is 6.07 Å². The van der Waals surface area contributed by atoms with Gasteiger partial charge in [-0.2, -0.15) is 0 Å². The Bertz CT molecular complexity index is 414. The van der Waals surface area contributed by atoms with E-state index in [1.165, 1.54) is 13.1 Å². The maximum Gasteiger partial charge on any atom is 0.216 e. The van der Waals surface area contributed by atoms with Gasteiger partial charge in [-0.1, -0.05) is 0 Å². The molecule has 0 aliphatic heterocycles. The summed E-state index contributed by atoms with van der Waals surface area (Å²) in [5.74, 6) is -0.140. The van der Waals surface area contributed by atoms with Gasteiger partial charge in [0.25, 0.3) is 0 Å². The number of aliphatic hydroxyl groups is 2. The molecule has 2 unspecified atom stereocenters. The van der Waals surface area contributed by atoms with E-state index in [-0.39, 0.29) is 18.3 Å². The molecule has 0 spiro atoms. The molecule has 0 saturated carbocycles. The number of anilines is 1. The molecule has 1 rings (SSSR count). The number of aromatic nitrogens is 1. The van der Waals surface area contributed by atoms with Crippen LogP contribution in [-0.2, 0) is 4.79 Å². The summed E-state index contributed by atoms with van der Waals surface area (Å²) >= 11 is 3.20. The van der Waals surface area contributed by atoms with Gasteiger partial charge in [-0.05, 0) is 22.0 Å². The van der Waals surface area contributed by atoms with Crippen LogP contribution in [0.15, 0.2) is 16.7 Å². The van der Waals surface area contributed by atoms with E-state index >= 15 is 0 Å². The lowest BCUT2D eigenvalue weighted by atomic mass is 10.1. The molecule has 0 fully saturated rings. The van der Waals surface area contributed by atoms with Crippen molar-refractivity contribution in [2.24, 2.45) is 0 Å². The monoisotopic (exact) mass is 303 g/mol. The summed E-state index contributed by atoms with van der Waals surface area (Å²) < 4.78 is 0.646. The van der Waals surface area contributed by atoms with Crippen LogP contribution in [-0.4, -0.2) is 33.8 Å². The van der Waals surface area contributed by atoms with Gasteiger partial charge >= 0.3 is 0 Å². The van der Waals surface area contributed by atoms with Gasteiger partial charge in [0, 0.05) is 29.7 Å². The molecule has 17 heavy (non-hydrogen) atoms. The highest BCUT2D eigenvalue weighted by Crippen LogP contribution is 2.24. The van der Waals surface area contributed by atoms with Crippen molar-refractivity contribution in [2.45, 2.75) is 19.1 Å². The lowest BCUT2D eigenvalue weighted by molar-refractivity contribution is -0.119. The third-order valence-corrected chi connectivity index (χ3v) is 2.59. The topological polar surface area (TPSA) is 108 Å². The van der Waals surface area contributed by atoms with Crippen molar-refractivity contribution >= 4 is 27.7 Å². The second-order valence-corrected chi connectivity index (χ2v) is 4.49. The third-order valence-electron chi connectivity index (χ3n) is 2.16. The van der Waals surface area contributed by atoms with Gasteiger partial charge in [0.05, 0.1) is 0 Å². The zero-order chi connectivity index (χ0) is 13.0. The van der Waals surface area contributed by atoms with Crippen LogP contribution in [0.4, 0.5) is 5.82 Å². The van der Waals surface area contributed by atoms with E-state index in [1.807, 2.05) is 0 Å². The number of nitrogen functional groups attached to an aromatic ring is 1. The Morgan fingerprint density at radius 2 is 2.29 bits per heavy atom. The summed E-state index contributed by atoms with van der Waals surface area (Å²) in [7, 11) is 0. The number of pyridine rings is 1. The highest BCUT2D eigenvalue weighted by Gasteiger charge is 2.21. The molecule has 0 bridgehead atoms. The second kappa shape index (κ2) is 5.95. The predicted molar refractivity (Wildman–Crippen MR) is 66.0 cm³/mol. The number of nitrogens with two attached hydrogens (primary N) is 1. The van der Waals surface area contributed by atoms with Crippen molar-refractivity contribution in [2.75, 3.05) is 12.3 Å². The maximum absolute atomic E-state index is 10.7. The molecule has 1 aromatic rings. The van der Waals surface area contributed by atoms with Gasteiger partial charge < -0.3 is 21.3 Å². The minimum atomic E-state index is -1.20. The quantitative estimate of drug-likeness (QED) is 0.624.